The van der Waals surface area contributed by atoms with Gasteiger partial charge in [-0.25, -0.2) is 8.42 Å². The standard InChI is InChI=1S/C18H26N2O5S/c1-13-7-8-16(10-14(13)2)26(23,24)19-11-18(22)25-12-17(21)20-9-5-4-6-15(20)3/h7-8,10,15,19H,4-6,9,11-12H2,1-3H3. The molecule has 1 saturated heterocycles. The van der Waals surface area contributed by atoms with E-state index in [0.29, 0.717) is 6.54 Å². The highest BCUT2D eigenvalue weighted by Crippen LogP contribution is 2.16. The monoisotopic (exact) mass is 382 g/mol. The van der Waals surface area contributed by atoms with Gasteiger partial charge in [-0.1, -0.05) is 6.07 Å². The molecule has 8 heteroatoms. The SMILES string of the molecule is Cc1ccc(S(=O)(=O)NCC(=O)OCC(=O)N2CCCCC2C)cc1C. The minimum absolute atomic E-state index is 0.0895. The van der Waals surface area contributed by atoms with Crippen molar-refractivity contribution >= 4 is 21.9 Å². The van der Waals surface area contributed by atoms with Crippen molar-refractivity contribution in [3.63, 3.8) is 0 Å². The molecule has 1 aromatic carbocycles. The predicted molar refractivity (Wildman–Crippen MR) is 97.1 cm³/mol. The number of nitrogens with zero attached hydrogens (tertiary/aromatic N) is 1. The number of nitrogens with one attached hydrogen (secondary N) is 1. The molecule has 1 amide bonds. The fourth-order valence-corrected chi connectivity index (χ4v) is 3.92. The van der Waals surface area contributed by atoms with Crippen molar-refractivity contribution in [2.24, 2.45) is 0 Å². The summed E-state index contributed by atoms with van der Waals surface area (Å²) in [5.41, 5.74) is 1.82. The van der Waals surface area contributed by atoms with Gasteiger partial charge in [-0.3, -0.25) is 9.59 Å². The number of hydrogen-bond acceptors (Lipinski definition) is 5. The van der Waals surface area contributed by atoms with Crippen LogP contribution in [0.1, 0.15) is 37.3 Å². The molecule has 1 aliphatic rings. The number of amides is 1. The van der Waals surface area contributed by atoms with Gasteiger partial charge in [-0.15, -0.1) is 0 Å². The number of esters is 1. The van der Waals surface area contributed by atoms with Gasteiger partial charge in [0.05, 0.1) is 4.90 Å². The Bertz CT molecular complexity index is 776. The summed E-state index contributed by atoms with van der Waals surface area (Å²) < 4.78 is 31.6. The molecule has 1 fully saturated rings. The third kappa shape index (κ3) is 5.28. The van der Waals surface area contributed by atoms with Gasteiger partial charge in [0.15, 0.2) is 6.61 Å². The summed E-state index contributed by atoms with van der Waals surface area (Å²) >= 11 is 0. The highest BCUT2D eigenvalue weighted by atomic mass is 32.2. The van der Waals surface area contributed by atoms with Crippen LogP contribution in [0, 0.1) is 13.8 Å². The van der Waals surface area contributed by atoms with Crippen molar-refractivity contribution in [2.75, 3.05) is 19.7 Å². The zero-order valence-electron chi connectivity index (χ0n) is 15.4. The number of hydrogen-bond donors (Lipinski definition) is 1. The summed E-state index contributed by atoms with van der Waals surface area (Å²) in [6, 6.07) is 4.88. The minimum atomic E-state index is -3.81. The largest absolute Gasteiger partial charge is 0.455 e. The highest BCUT2D eigenvalue weighted by Gasteiger charge is 2.24. The Morgan fingerprint density at radius 1 is 1.23 bits per heavy atom. The van der Waals surface area contributed by atoms with E-state index < -0.39 is 22.5 Å². The fourth-order valence-electron chi connectivity index (χ4n) is 2.86. The quantitative estimate of drug-likeness (QED) is 0.753. The Hall–Kier alpha value is -1.93. The predicted octanol–water partition coefficient (Wildman–Crippen LogP) is 1.53. The summed E-state index contributed by atoms with van der Waals surface area (Å²) in [5.74, 6) is -1.03. The molecule has 2 rings (SSSR count). The Balaban J connectivity index is 1.84. The first-order chi connectivity index (χ1) is 12.2. The molecular weight excluding hydrogens is 356 g/mol. The Kier molecular flexibility index (Phi) is 6.77. The smallest absolute Gasteiger partial charge is 0.321 e. The topological polar surface area (TPSA) is 92.8 Å². The lowest BCUT2D eigenvalue weighted by atomic mass is 10.0. The van der Waals surface area contributed by atoms with Crippen LogP contribution in [0.25, 0.3) is 0 Å². The molecule has 144 valence electrons. The van der Waals surface area contributed by atoms with Gasteiger partial charge < -0.3 is 9.64 Å². The van der Waals surface area contributed by atoms with Crippen LogP contribution in [0.4, 0.5) is 0 Å². The summed E-state index contributed by atoms with van der Waals surface area (Å²) in [6.07, 6.45) is 2.97. The molecule has 26 heavy (non-hydrogen) atoms. The normalized spacial score (nSPS) is 17.8. The highest BCUT2D eigenvalue weighted by molar-refractivity contribution is 7.89. The lowest BCUT2D eigenvalue weighted by molar-refractivity contribution is -0.152. The third-order valence-corrected chi connectivity index (χ3v) is 6.07. The fraction of sp³-hybridized carbons (Fsp3) is 0.556. The van der Waals surface area contributed by atoms with E-state index in [-0.39, 0.29) is 23.5 Å². The number of rotatable bonds is 6. The number of sulfonamides is 1. The van der Waals surface area contributed by atoms with Gasteiger partial charge in [-0.2, -0.15) is 4.72 Å². The van der Waals surface area contributed by atoms with Crippen LogP contribution in [0.3, 0.4) is 0 Å². The maximum Gasteiger partial charge on any atom is 0.321 e. The maximum absolute atomic E-state index is 12.2. The van der Waals surface area contributed by atoms with Gasteiger partial charge >= 0.3 is 5.97 Å². The molecule has 1 aromatic rings. The Labute approximate surface area is 154 Å². The van der Waals surface area contributed by atoms with E-state index in [4.69, 9.17) is 4.74 Å². The van der Waals surface area contributed by atoms with Crippen LogP contribution in [0.15, 0.2) is 23.1 Å². The van der Waals surface area contributed by atoms with Crippen molar-refractivity contribution in [1.29, 1.82) is 0 Å². The van der Waals surface area contributed by atoms with Gasteiger partial charge in [0, 0.05) is 12.6 Å². The molecular formula is C18H26N2O5S. The number of benzene rings is 1. The van der Waals surface area contributed by atoms with Crippen molar-refractivity contribution < 1.29 is 22.7 Å². The molecule has 0 aromatic heterocycles. The first-order valence-corrected chi connectivity index (χ1v) is 10.2. The van der Waals surface area contributed by atoms with Gasteiger partial charge in [0.1, 0.15) is 6.54 Å². The average Bonchev–Trinajstić information content (AvgIpc) is 2.60. The molecule has 7 nitrogen and oxygen atoms in total. The molecule has 1 aliphatic heterocycles. The van der Waals surface area contributed by atoms with Crippen molar-refractivity contribution in [3.05, 3.63) is 29.3 Å². The summed E-state index contributed by atoms with van der Waals surface area (Å²) in [7, 11) is -3.81. The molecule has 0 bridgehead atoms. The van der Waals surface area contributed by atoms with E-state index in [0.717, 1.165) is 30.4 Å². The molecule has 0 radical (unpaired) electrons. The molecule has 1 atom stereocenters. The number of likely N-dealkylation sites (tertiary alicyclic amines) is 1. The number of ether oxygens (including phenoxy) is 1. The van der Waals surface area contributed by atoms with Crippen LogP contribution < -0.4 is 4.72 Å². The van der Waals surface area contributed by atoms with Crippen LogP contribution in [0.2, 0.25) is 0 Å². The lowest BCUT2D eigenvalue weighted by Crippen LogP contribution is -2.44. The van der Waals surface area contributed by atoms with Gasteiger partial charge in [0.2, 0.25) is 10.0 Å². The molecule has 1 unspecified atom stereocenters. The van der Waals surface area contributed by atoms with Gasteiger partial charge in [0.25, 0.3) is 5.91 Å². The van der Waals surface area contributed by atoms with E-state index in [1.807, 2.05) is 20.8 Å². The minimum Gasteiger partial charge on any atom is -0.455 e. The summed E-state index contributed by atoms with van der Waals surface area (Å²) in [6.45, 7) is 5.45. The van der Waals surface area contributed by atoms with Crippen LogP contribution >= 0.6 is 0 Å². The average molecular weight is 382 g/mol. The number of carbonyl (C=O) groups is 2. The first kappa shape index (κ1) is 20.4. The molecule has 1 N–H and O–H groups in total. The lowest BCUT2D eigenvalue weighted by Gasteiger charge is -2.33. The van der Waals surface area contributed by atoms with E-state index >= 15 is 0 Å². The van der Waals surface area contributed by atoms with E-state index in [1.165, 1.54) is 6.07 Å². The summed E-state index contributed by atoms with van der Waals surface area (Å²) in [5, 5.41) is 0. The van der Waals surface area contributed by atoms with E-state index in [2.05, 4.69) is 4.72 Å². The molecule has 0 aliphatic carbocycles. The maximum atomic E-state index is 12.2. The van der Waals surface area contributed by atoms with Crippen molar-refractivity contribution in [3.8, 4) is 0 Å². The van der Waals surface area contributed by atoms with Crippen LogP contribution in [0.5, 0.6) is 0 Å². The number of piperidine rings is 1. The van der Waals surface area contributed by atoms with Crippen LogP contribution in [-0.4, -0.2) is 50.9 Å². The molecule has 0 spiro atoms. The third-order valence-electron chi connectivity index (χ3n) is 4.68. The first-order valence-electron chi connectivity index (χ1n) is 8.72. The Morgan fingerprint density at radius 3 is 2.62 bits per heavy atom. The molecule has 0 saturated carbocycles. The second-order valence-corrected chi connectivity index (χ2v) is 8.43. The van der Waals surface area contributed by atoms with Crippen molar-refractivity contribution in [2.45, 2.75) is 51.0 Å². The van der Waals surface area contributed by atoms with Crippen molar-refractivity contribution in [1.82, 2.24) is 9.62 Å². The van der Waals surface area contributed by atoms with E-state index in [9.17, 15) is 18.0 Å². The van der Waals surface area contributed by atoms with Gasteiger partial charge in [-0.05, 0) is 63.3 Å². The van der Waals surface area contributed by atoms with E-state index in [1.54, 1.807) is 17.0 Å². The second kappa shape index (κ2) is 8.64. The van der Waals surface area contributed by atoms with Crippen LogP contribution in [-0.2, 0) is 24.3 Å². The zero-order valence-corrected chi connectivity index (χ0v) is 16.3. The Morgan fingerprint density at radius 2 is 1.96 bits per heavy atom. The molecule has 1 heterocycles. The summed E-state index contributed by atoms with van der Waals surface area (Å²) in [4.78, 5) is 25.7. The zero-order chi connectivity index (χ0) is 19.3. The number of aryl methyl sites for hydroxylation is 2. The number of carbonyl (C=O) groups excluding carboxylic acids is 2. The second-order valence-electron chi connectivity index (χ2n) is 6.66.